The van der Waals surface area contributed by atoms with Crippen molar-refractivity contribution in [2.24, 2.45) is 5.73 Å². The number of piperidine rings is 1. The van der Waals surface area contributed by atoms with E-state index < -0.39 is 10.0 Å². The number of thiocarbonyl (C=S) groups is 1. The maximum atomic E-state index is 12.2. The zero-order chi connectivity index (χ0) is 13.9. The van der Waals surface area contributed by atoms with Crippen LogP contribution in [0.5, 0.6) is 0 Å². The summed E-state index contributed by atoms with van der Waals surface area (Å²) in [5.74, 6) is 0.0462. The summed E-state index contributed by atoms with van der Waals surface area (Å²) in [6.45, 7) is 1.29. The Bertz CT molecular complexity index is 547. The Morgan fingerprint density at radius 3 is 2.26 bits per heavy atom. The van der Waals surface area contributed by atoms with Crippen LogP contribution in [0.2, 0.25) is 0 Å². The highest BCUT2D eigenvalue weighted by Gasteiger charge is 2.23. The number of nitrogens with two attached hydrogens (primary N) is 1. The highest BCUT2D eigenvalue weighted by Crippen LogP contribution is 2.17. The van der Waals surface area contributed by atoms with E-state index in [1.54, 1.807) is 28.6 Å². The molecular weight excluding hydrogens is 280 g/mol. The fourth-order valence-electron chi connectivity index (χ4n) is 2.21. The molecule has 2 rings (SSSR count). The lowest BCUT2D eigenvalue weighted by molar-refractivity contribution is 0.346. The first-order chi connectivity index (χ1) is 8.99. The molecule has 0 radical (unpaired) electrons. The minimum absolute atomic E-state index is 0.0462. The second-order valence-electron chi connectivity index (χ2n) is 4.78. The van der Waals surface area contributed by atoms with E-state index in [4.69, 9.17) is 18.0 Å². The fourth-order valence-corrected chi connectivity index (χ4v) is 3.96. The molecule has 1 heterocycles. The summed E-state index contributed by atoms with van der Waals surface area (Å²) < 4.78 is 26.1. The number of benzene rings is 1. The molecule has 104 valence electrons. The van der Waals surface area contributed by atoms with Gasteiger partial charge in [-0.05, 0) is 18.4 Å². The van der Waals surface area contributed by atoms with Crippen LogP contribution in [0.1, 0.15) is 30.4 Å². The number of hydrogen-bond acceptors (Lipinski definition) is 3. The number of sulfonamides is 1. The zero-order valence-corrected chi connectivity index (χ0v) is 12.3. The molecule has 0 aromatic heterocycles. The van der Waals surface area contributed by atoms with E-state index in [1.807, 2.05) is 0 Å². The van der Waals surface area contributed by atoms with Crippen molar-refractivity contribution in [2.75, 3.05) is 13.1 Å². The van der Waals surface area contributed by atoms with Crippen LogP contribution in [0.4, 0.5) is 0 Å². The van der Waals surface area contributed by atoms with Gasteiger partial charge in [0.15, 0.2) is 0 Å². The van der Waals surface area contributed by atoms with Crippen LogP contribution in [0.25, 0.3) is 0 Å². The molecular formula is C13H18N2O2S2. The van der Waals surface area contributed by atoms with E-state index in [-0.39, 0.29) is 5.75 Å². The summed E-state index contributed by atoms with van der Waals surface area (Å²) in [6, 6.07) is 7.08. The van der Waals surface area contributed by atoms with Crippen molar-refractivity contribution in [3.63, 3.8) is 0 Å². The summed E-state index contributed by atoms with van der Waals surface area (Å²) in [5.41, 5.74) is 7.04. The van der Waals surface area contributed by atoms with Gasteiger partial charge >= 0.3 is 0 Å². The van der Waals surface area contributed by atoms with Crippen molar-refractivity contribution in [3.05, 3.63) is 35.4 Å². The Balaban J connectivity index is 2.09. The van der Waals surface area contributed by atoms with Crippen molar-refractivity contribution < 1.29 is 8.42 Å². The van der Waals surface area contributed by atoms with Gasteiger partial charge in [0.25, 0.3) is 0 Å². The number of rotatable bonds is 4. The molecule has 4 nitrogen and oxygen atoms in total. The lowest BCUT2D eigenvalue weighted by atomic mass is 10.1. The van der Waals surface area contributed by atoms with Crippen LogP contribution in [-0.4, -0.2) is 30.8 Å². The summed E-state index contributed by atoms with van der Waals surface area (Å²) in [7, 11) is -3.20. The van der Waals surface area contributed by atoms with Crippen molar-refractivity contribution >= 4 is 27.2 Å². The molecule has 1 saturated heterocycles. The second kappa shape index (κ2) is 5.98. The highest BCUT2D eigenvalue weighted by molar-refractivity contribution is 7.88. The van der Waals surface area contributed by atoms with Crippen LogP contribution in [0.15, 0.2) is 24.3 Å². The van der Waals surface area contributed by atoms with E-state index in [0.29, 0.717) is 18.1 Å². The molecule has 0 spiro atoms. The van der Waals surface area contributed by atoms with Crippen molar-refractivity contribution in [3.8, 4) is 0 Å². The van der Waals surface area contributed by atoms with Crippen LogP contribution in [0, 0.1) is 0 Å². The minimum atomic E-state index is -3.20. The first kappa shape index (κ1) is 14.4. The molecule has 0 aliphatic carbocycles. The monoisotopic (exact) mass is 298 g/mol. The van der Waals surface area contributed by atoms with E-state index in [2.05, 4.69) is 0 Å². The Kier molecular flexibility index (Phi) is 4.54. The molecule has 1 aromatic rings. The van der Waals surface area contributed by atoms with Gasteiger partial charge in [-0.15, -0.1) is 0 Å². The average molecular weight is 298 g/mol. The maximum absolute atomic E-state index is 12.2. The lowest BCUT2D eigenvalue weighted by Gasteiger charge is -2.25. The first-order valence-corrected chi connectivity index (χ1v) is 8.37. The third-order valence-corrected chi connectivity index (χ3v) is 5.38. The normalized spacial score (nSPS) is 17.3. The first-order valence-electron chi connectivity index (χ1n) is 6.35. The number of nitrogens with zero attached hydrogens (tertiary/aromatic N) is 1. The smallest absolute Gasteiger partial charge is 0.218 e. The van der Waals surface area contributed by atoms with Gasteiger partial charge in [-0.2, -0.15) is 0 Å². The van der Waals surface area contributed by atoms with Crippen molar-refractivity contribution in [1.29, 1.82) is 0 Å². The molecule has 1 aliphatic heterocycles. The highest BCUT2D eigenvalue weighted by atomic mass is 32.2. The second-order valence-corrected chi connectivity index (χ2v) is 7.19. The van der Waals surface area contributed by atoms with Crippen LogP contribution < -0.4 is 5.73 Å². The summed E-state index contributed by atoms with van der Waals surface area (Å²) >= 11 is 4.87. The van der Waals surface area contributed by atoms with Crippen molar-refractivity contribution in [2.45, 2.75) is 25.0 Å². The molecule has 0 amide bonds. The van der Waals surface area contributed by atoms with Gasteiger partial charge in [0.1, 0.15) is 4.99 Å². The van der Waals surface area contributed by atoms with Gasteiger partial charge in [0.2, 0.25) is 10.0 Å². The van der Waals surface area contributed by atoms with Crippen LogP contribution in [-0.2, 0) is 15.8 Å². The maximum Gasteiger partial charge on any atom is 0.218 e. The lowest BCUT2D eigenvalue weighted by Crippen LogP contribution is -2.36. The number of hydrogen-bond donors (Lipinski definition) is 1. The third-order valence-electron chi connectivity index (χ3n) is 3.30. The van der Waals surface area contributed by atoms with Crippen molar-refractivity contribution in [1.82, 2.24) is 4.31 Å². The SMILES string of the molecule is NC(=S)c1ccc(CS(=O)(=O)N2CCCCC2)cc1. The fraction of sp³-hybridized carbons (Fsp3) is 0.462. The Labute approximate surface area is 119 Å². The topological polar surface area (TPSA) is 63.4 Å². The molecule has 2 N–H and O–H groups in total. The van der Waals surface area contributed by atoms with E-state index >= 15 is 0 Å². The molecule has 0 atom stereocenters. The zero-order valence-electron chi connectivity index (χ0n) is 10.7. The van der Waals surface area contributed by atoms with E-state index in [0.717, 1.165) is 30.4 Å². The molecule has 0 bridgehead atoms. The molecule has 1 aromatic carbocycles. The Morgan fingerprint density at radius 2 is 1.74 bits per heavy atom. The van der Waals surface area contributed by atoms with Gasteiger partial charge in [0, 0.05) is 18.7 Å². The van der Waals surface area contributed by atoms with Gasteiger partial charge in [0.05, 0.1) is 5.75 Å². The van der Waals surface area contributed by atoms with Gasteiger partial charge in [-0.3, -0.25) is 0 Å². The van der Waals surface area contributed by atoms with E-state index in [9.17, 15) is 8.42 Å². The minimum Gasteiger partial charge on any atom is -0.389 e. The summed E-state index contributed by atoms with van der Waals surface area (Å²) in [5, 5.41) is 0. The Morgan fingerprint density at radius 1 is 1.16 bits per heavy atom. The van der Waals surface area contributed by atoms with E-state index in [1.165, 1.54) is 0 Å². The summed E-state index contributed by atoms with van der Waals surface area (Å²) in [6.07, 6.45) is 3.04. The summed E-state index contributed by atoms with van der Waals surface area (Å²) in [4.78, 5) is 0.324. The van der Waals surface area contributed by atoms with Crippen LogP contribution >= 0.6 is 12.2 Å². The molecule has 1 aliphatic rings. The quantitative estimate of drug-likeness (QED) is 0.858. The van der Waals surface area contributed by atoms with Gasteiger partial charge < -0.3 is 5.73 Å². The predicted molar refractivity (Wildman–Crippen MR) is 80.4 cm³/mol. The average Bonchev–Trinajstić information content (AvgIpc) is 2.40. The van der Waals surface area contributed by atoms with Crippen LogP contribution in [0.3, 0.4) is 0 Å². The van der Waals surface area contributed by atoms with Gasteiger partial charge in [-0.1, -0.05) is 42.9 Å². The third kappa shape index (κ3) is 3.75. The molecule has 1 fully saturated rings. The Hall–Kier alpha value is -0.980. The molecule has 19 heavy (non-hydrogen) atoms. The standard InChI is InChI=1S/C13H18N2O2S2/c14-13(18)12-6-4-11(5-7-12)10-19(16,17)15-8-2-1-3-9-15/h4-7H,1-3,8-10H2,(H2,14,18). The molecule has 0 unspecified atom stereocenters. The largest absolute Gasteiger partial charge is 0.389 e. The predicted octanol–water partition coefficient (Wildman–Crippen LogP) is 1.64. The van der Waals surface area contributed by atoms with Gasteiger partial charge in [-0.25, -0.2) is 12.7 Å². The molecule has 0 saturated carbocycles. The molecule has 6 heteroatoms.